The monoisotopic (exact) mass is 583 g/mol. The van der Waals surface area contributed by atoms with Crippen molar-refractivity contribution in [3.05, 3.63) is 125 Å². The molecular weight excluding hydrogens is 550 g/mol. The van der Waals surface area contributed by atoms with Crippen molar-refractivity contribution in [3.63, 3.8) is 0 Å². The van der Waals surface area contributed by atoms with E-state index in [9.17, 15) is 4.79 Å². The van der Waals surface area contributed by atoms with Gasteiger partial charge in [-0.15, -0.1) is 0 Å². The van der Waals surface area contributed by atoms with Crippen LogP contribution in [0.2, 0.25) is 0 Å². The highest BCUT2D eigenvalue weighted by molar-refractivity contribution is 5.94. The van der Waals surface area contributed by atoms with Crippen molar-refractivity contribution in [2.75, 3.05) is 13.1 Å². The SMILES string of the molecule is NCCNC(=O)c1cc2nc(c1)CN1Cc3cccc(n3)-c3cccc(n3)CN(C2)Cc2cccc(n2)-c2cccc(n2)C1. The third kappa shape index (κ3) is 6.37. The highest BCUT2D eigenvalue weighted by atomic mass is 16.1. The molecule has 0 fully saturated rings. The van der Waals surface area contributed by atoms with Crippen LogP contribution in [-0.4, -0.2) is 53.7 Å². The van der Waals surface area contributed by atoms with Gasteiger partial charge in [-0.2, -0.15) is 0 Å². The van der Waals surface area contributed by atoms with E-state index < -0.39 is 0 Å². The van der Waals surface area contributed by atoms with E-state index in [0.717, 1.165) is 56.9 Å². The molecule has 0 spiro atoms. The molecule has 12 bridgehead atoms. The first kappa shape index (κ1) is 27.9. The average molecular weight is 584 g/mol. The molecule has 0 saturated carbocycles. The first-order valence-corrected chi connectivity index (χ1v) is 14.9. The van der Waals surface area contributed by atoms with Crippen LogP contribution in [0.25, 0.3) is 22.8 Å². The second-order valence-corrected chi connectivity index (χ2v) is 11.2. The maximum absolute atomic E-state index is 13.2. The molecule has 3 N–H and O–H groups in total. The van der Waals surface area contributed by atoms with Crippen LogP contribution in [0, 0.1) is 0 Å². The second-order valence-electron chi connectivity index (χ2n) is 11.2. The first-order chi connectivity index (χ1) is 21.6. The Morgan fingerprint density at radius 1 is 0.568 bits per heavy atom. The molecule has 0 atom stereocenters. The van der Waals surface area contributed by atoms with Crippen LogP contribution in [0.15, 0.2) is 84.9 Å². The number of nitrogens with one attached hydrogen (secondary N) is 1. The number of carbonyl (C=O) groups is 1. The third-order valence-electron chi connectivity index (χ3n) is 7.69. The third-order valence-corrected chi connectivity index (χ3v) is 7.69. The molecule has 0 aliphatic carbocycles. The summed E-state index contributed by atoms with van der Waals surface area (Å²) < 4.78 is 0. The summed E-state index contributed by atoms with van der Waals surface area (Å²) in [5.41, 5.74) is 14.8. The van der Waals surface area contributed by atoms with Crippen LogP contribution >= 0.6 is 0 Å². The fourth-order valence-corrected chi connectivity index (χ4v) is 5.78. The fraction of sp³-hybridized carbons (Fsp3) is 0.235. The Balaban J connectivity index is 1.42. The zero-order valence-electron chi connectivity index (χ0n) is 24.4. The molecule has 0 unspecified atom stereocenters. The number of carbonyl (C=O) groups excluding carboxylic acids is 1. The maximum Gasteiger partial charge on any atom is 0.251 e. The van der Waals surface area contributed by atoms with Gasteiger partial charge in [0.05, 0.1) is 56.9 Å². The van der Waals surface area contributed by atoms with Crippen molar-refractivity contribution in [2.24, 2.45) is 5.73 Å². The maximum atomic E-state index is 13.2. The van der Waals surface area contributed by atoms with E-state index in [1.807, 2.05) is 84.9 Å². The van der Waals surface area contributed by atoms with E-state index in [2.05, 4.69) is 15.1 Å². The fourth-order valence-electron chi connectivity index (χ4n) is 5.78. The van der Waals surface area contributed by atoms with E-state index in [0.29, 0.717) is 57.9 Å². The van der Waals surface area contributed by atoms with Gasteiger partial charge in [0.2, 0.25) is 0 Å². The number of rotatable bonds is 3. The van der Waals surface area contributed by atoms with Crippen molar-refractivity contribution in [1.29, 1.82) is 0 Å². The Morgan fingerprint density at radius 3 is 1.30 bits per heavy atom. The minimum Gasteiger partial charge on any atom is -0.351 e. The molecule has 2 aliphatic heterocycles. The molecule has 0 aromatic carbocycles. The predicted octanol–water partition coefficient (Wildman–Crippen LogP) is 3.72. The van der Waals surface area contributed by atoms with Gasteiger partial charge >= 0.3 is 0 Å². The number of fused-ring (bicyclic) bond motifs is 12. The Bertz CT molecular complexity index is 1610. The van der Waals surface area contributed by atoms with Crippen LogP contribution in [-0.2, 0) is 39.3 Å². The average Bonchev–Trinajstić information content (AvgIpc) is 3.03. The Labute approximate surface area is 256 Å². The summed E-state index contributed by atoms with van der Waals surface area (Å²) in [6.45, 7) is 3.99. The van der Waals surface area contributed by atoms with Crippen molar-refractivity contribution in [1.82, 2.24) is 40.0 Å². The van der Waals surface area contributed by atoms with Crippen LogP contribution in [0.4, 0.5) is 0 Å². The second kappa shape index (κ2) is 12.4. The zero-order valence-corrected chi connectivity index (χ0v) is 24.4. The summed E-state index contributed by atoms with van der Waals surface area (Å²) in [4.78, 5) is 42.9. The number of pyridine rings is 5. The van der Waals surface area contributed by atoms with Gasteiger partial charge in [-0.25, -0.2) is 19.9 Å². The number of aromatic nitrogens is 5. The summed E-state index contributed by atoms with van der Waals surface area (Å²) in [6.07, 6.45) is 0. The van der Waals surface area contributed by atoms with Gasteiger partial charge in [0.25, 0.3) is 5.91 Å². The molecule has 7 heterocycles. The quantitative estimate of drug-likeness (QED) is 0.327. The van der Waals surface area contributed by atoms with Gasteiger partial charge in [-0.3, -0.25) is 19.6 Å². The molecule has 0 saturated heterocycles. The highest BCUT2D eigenvalue weighted by Gasteiger charge is 2.20. The molecule has 10 nitrogen and oxygen atoms in total. The zero-order chi connectivity index (χ0) is 29.9. The van der Waals surface area contributed by atoms with Crippen molar-refractivity contribution in [3.8, 4) is 22.8 Å². The van der Waals surface area contributed by atoms with E-state index in [-0.39, 0.29) is 5.91 Å². The van der Waals surface area contributed by atoms with Gasteiger partial charge in [0, 0.05) is 57.9 Å². The summed E-state index contributed by atoms with van der Waals surface area (Å²) >= 11 is 0. The molecule has 10 heteroatoms. The van der Waals surface area contributed by atoms with Crippen LogP contribution in [0.1, 0.15) is 44.5 Å². The normalized spacial score (nSPS) is 17.4. The summed E-state index contributed by atoms with van der Waals surface area (Å²) in [6, 6.07) is 28.0. The van der Waals surface area contributed by atoms with Crippen LogP contribution in [0.3, 0.4) is 0 Å². The minimum atomic E-state index is -0.165. The molecule has 1 amide bonds. The first-order valence-electron chi connectivity index (χ1n) is 14.9. The van der Waals surface area contributed by atoms with Gasteiger partial charge in [-0.1, -0.05) is 24.3 Å². The molecular formula is C34H33N9O. The van der Waals surface area contributed by atoms with Gasteiger partial charge in [0.1, 0.15) is 0 Å². The number of hydrogen-bond donors (Lipinski definition) is 2. The van der Waals surface area contributed by atoms with Gasteiger partial charge < -0.3 is 11.1 Å². The lowest BCUT2D eigenvalue weighted by atomic mass is 10.1. The molecule has 44 heavy (non-hydrogen) atoms. The smallest absolute Gasteiger partial charge is 0.251 e. The summed E-state index contributed by atoms with van der Waals surface area (Å²) in [7, 11) is 0. The predicted molar refractivity (Wildman–Crippen MR) is 166 cm³/mol. The number of hydrogen-bond acceptors (Lipinski definition) is 9. The van der Waals surface area contributed by atoms with Crippen LogP contribution < -0.4 is 11.1 Å². The molecule has 7 rings (SSSR count). The molecule has 2 aliphatic rings. The topological polar surface area (TPSA) is 126 Å². The standard InChI is InChI=1S/C34H33N9O/c35-13-14-36-34(44)23-15-28-21-42-17-24-5-1-9-30(38-24)31-10-2-6-25(39-31)19-43(22-29(16-23)37-28)20-27-8-4-12-33(41-27)32-11-3-7-26(18-42)40-32/h1-12,15-16H,13-14,17-22,35H2,(H,36,44). The lowest BCUT2D eigenvalue weighted by molar-refractivity contribution is 0.0954. The van der Waals surface area contributed by atoms with E-state index in [4.69, 9.17) is 30.7 Å². The lowest BCUT2D eigenvalue weighted by Crippen LogP contribution is -2.30. The highest BCUT2D eigenvalue weighted by Crippen LogP contribution is 2.23. The van der Waals surface area contributed by atoms with Crippen molar-refractivity contribution >= 4 is 5.91 Å². The van der Waals surface area contributed by atoms with Gasteiger partial charge in [-0.05, 0) is 60.7 Å². The Morgan fingerprint density at radius 2 is 0.932 bits per heavy atom. The summed E-state index contributed by atoms with van der Waals surface area (Å²) in [5.74, 6) is -0.165. The number of nitrogens with zero attached hydrogens (tertiary/aromatic N) is 7. The van der Waals surface area contributed by atoms with Crippen LogP contribution in [0.5, 0.6) is 0 Å². The Kier molecular flexibility index (Phi) is 7.85. The largest absolute Gasteiger partial charge is 0.351 e. The van der Waals surface area contributed by atoms with Crippen molar-refractivity contribution in [2.45, 2.75) is 39.3 Å². The molecule has 5 aromatic heterocycles. The van der Waals surface area contributed by atoms with Gasteiger partial charge in [0.15, 0.2) is 0 Å². The van der Waals surface area contributed by atoms with E-state index in [1.54, 1.807) is 0 Å². The Hall–Kier alpha value is -4.90. The summed E-state index contributed by atoms with van der Waals surface area (Å²) in [5, 5.41) is 2.92. The van der Waals surface area contributed by atoms with E-state index >= 15 is 0 Å². The lowest BCUT2D eigenvalue weighted by Gasteiger charge is -2.23. The molecule has 0 radical (unpaired) electrons. The number of amides is 1. The van der Waals surface area contributed by atoms with E-state index in [1.165, 1.54) is 0 Å². The minimum absolute atomic E-state index is 0.165. The number of nitrogens with two attached hydrogens (primary N) is 1. The van der Waals surface area contributed by atoms with Crippen molar-refractivity contribution < 1.29 is 4.79 Å². The molecule has 5 aromatic rings. The molecule has 220 valence electrons.